The third-order valence-electron chi connectivity index (χ3n) is 6.15. The second kappa shape index (κ2) is 25.4. The number of hydrogen-bond donors (Lipinski definition) is 0. The molecule has 0 saturated heterocycles. The zero-order valence-corrected chi connectivity index (χ0v) is 20.7. The lowest BCUT2D eigenvalue weighted by molar-refractivity contribution is -0.910. The molecule has 0 aliphatic heterocycles. The minimum Gasteiger partial charge on any atom is -0.724 e. The zero-order chi connectivity index (χ0) is 22.1. The summed E-state index contributed by atoms with van der Waals surface area (Å²) in [5, 5.41) is 6.76. The summed E-state index contributed by atoms with van der Waals surface area (Å²) >= 11 is 0. The number of carbonyl (C=O) groups excluding carboxylic acids is 1. The number of rotatable bonds is 21. The molecule has 0 aromatic heterocycles. The molecular weight excluding hydrogens is 356 g/mol. The lowest BCUT2D eigenvalue weighted by atomic mass is 10.1. The Hall–Kier alpha value is -0.660. The third kappa shape index (κ3) is 25.3. The molecule has 0 unspecified atom stereocenters. The van der Waals surface area contributed by atoms with Gasteiger partial charge in [0.1, 0.15) is 0 Å². The van der Waals surface area contributed by atoms with Crippen LogP contribution in [0.1, 0.15) is 136 Å². The smallest absolute Gasteiger partial charge is 0.0784 e. The Balaban J connectivity index is 0. The number of unbranched alkanes of at least 4 members (excludes halogenated alkanes) is 15. The van der Waals surface area contributed by atoms with Crippen molar-refractivity contribution in [2.75, 3.05) is 26.7 Å². The topological polar surface area (TPSA) is 39.4 Å². The van der Waals surface area contributed by atoms with Crippen molar-refractivity contribution in [3.05, 3.63) is 5.41 Å². The molecule has 0 spiro atoms. The standard InChI is InChI=1S/C25H54N.CNO/c1-5-8-11-14-17-20-23-26(4,24-21-18-15-12-9-6-2)25-22-19-16-13-10-7-3;2-1-3/h5-25H2,1-4H3;/q+1;-1. The SMILES string of the molecule is CCCCCCCC[N+](C)(CCCCCCCC)CCCCCCCC.[N-]=C=O. The van der Waals surface area contributed by atoms with Crippen LogP contribution in [0.4, 0.5) is 0 Å². The molecule has 3 heteroatoms. The number of quaternary nitrogens is 1. The van der Waals surface area contributed by atoms with Crippen molar-refractivity contribution in [1.29, 1.82) is 0 Å². The van der Waals surface area contributed by atoms with E-state index in [9.17, 15) is 0 Å². The Morgan fingerprint density at radius 3 is 0.966 bits per heavy atom. The minimum absolute atomic E-state index is 0.500. The Bertz CT molecular complexity index is 297. The fourth-order valence-corrected chi connectivity index (χ4v) is 4.16. The first-order chi connectivity index (χ1) is 14.1. The van der Waals surface area contributed by atoms with Crippen LogP contribution in [0.3, 0.4) is 0 Å². The predicted molar refractivity (Wildman–Crippen MR) is 130 cm³/mol. The summed E-state index contributed by atoms with van der Waals surface area (Å²) in [6.07, 6.45) is 26.4. The van der Waals surface area contributed by atoms with Gasteiger partial charge in [0, 0.05) is 0 Å². The van der Waals surface area contributed by atoms with Crippen molar-refractivity contribution >= 4 is 6.08 Å². The summed E-state index contributed by atoms with van der Waals surface area (Å²) in [7, 11) is 2.56. The molecule has 174 valence electrons. The quantitative estimate of drug-likeness (QED) is 0.0810. The highest BCUT2D eigenvalue weighted by Crippen LogP contribution is 2.16. The van der Waals surface area contributed by atoms with Crippen molar-refractivity contribution < 1.29 is 9.28 Å². The Kier molecular flexibility index (Phi) is 26.7. The predicted octanol–water partition coefficient (Wildman–Crippen LogP) is 8.41. The van der Waals surface area contributed by atoms with Gasteiger partial charge in [-0.25, -0.2) is 0 Å². The van der Waals surface area contributed by atoms with Crippen molar-refractivity contribution in [1.82, 2.24) is 0 Å². The van der Waals surface area contributed by atoms with E-state index in [0.717, 1.165) is 0 Å². The fraction of sp³-hybridized carbons (Fsp3) is 0.962. The van der Waals surface area contributed by atoms with Crippen molar-refractivity contribution in [3.8, 4) is 0 Å². The van der Waals surface area contributed by atoms with Gasteiger partial charge in [0.25, 0.3) is 0 Å². The molecule has 29 heavy (non-hydrogen) atoms. The molecule has 0 bridgehead atoms. The van der Waals surface area contributed by atoms with Gasteiger partial charge >= 0.3 is 0 Å². The normalized spacial score (nSPS) is 11.0. The van der Waals surface area contributed by atoms with Gasteiger partial charge in [0.2, 0.25) is 0 Å². The van der Waals surface area contributed by atoms with Crippen LogP contribution in [-0.4, -0.2) is 37.2 Å². The van der Waals surface area contributed by atoms with E-state index in [1.807, 2.05) is 0 Å². The first kappa shape index (κ1) is 30.5. The number of nitrogens with zero attached hydrogens (tertiary/aromatic N) is 2. The molecule has 0 atom stereocenters. The van der Waals surface area contributed by atoms with E-state index in [0.29, 0.717) is 6.08 Å². The maximum atomic E-state index is 8.24. The first-order valence-corrected chi connectivity index (χ1v) is 12.9. The van der Waals surface area contributed by atoms with E-state index < -0.39 is 0 Å². The summed E-state index contributed by atoms with van der Waals surface area (Å²) in [5.41, 5.74) is 0. The van der Waals surface area contributed by atoms with Gasteiger partial charge < -0.3 is 9.89 Å². The molecule has 0 heterocycles. The van der Waals surface area contributed by atoms with Gasteiger partial charge in [-0.05, 0) is 44.6 Å². The highest BCUT2D eigenvalue weighted by Gasteiger charge is 2.20. The van der Waals surface area contributed by atoms with E-state index in [1.54, 1.807) is 0 Å². The minimum atomic E-state index is 0.500. The van der Waals surface area contributed by atoms with Crippen LogP contribution >= 0.6 is 0 Å². The largest absolute Gasteiger partial charge is 0.724 e. The molecule has 0 aromatic rings. The van der Waals surface area contributed by atoms with Gasteiger partial charge in [-0.1, -0.05) is 97.8 Å². The maximum absolute atomic E-state index is 8.24. The third-order valence-corrected chi connectivity index (χ3v) is 6.15. The zero-order valence-electron chi connectivity index (χ0n) is 20.7. The fourth-order valence-electron chi connectivity index (χ4n) is 4.16. The molecule has 3 nitrogen and oxygen atoms in total. The van der Waals surface area contributed by atoms with Gasteiger partial charge in [0.05, 0.1) is 26.7 Å². The van der Waals surface area contributed by atoms with Gasteiger partial charge in [-0.15, -0.1) is 0 Å². The highest BCUT2D eigenvalue weighted by atomic mass is 16.1. The monoisotopic (exact) mass is 410 g/mol. The molecule has 0 fully saturated rings. The summed E-state index contributed by atoms with van der Waals surface area (Å²) in [6.45, 7) is 11.2. The second-order valence-electron chi connectivity index (χ2n) is 9.18. The molecule has 0 aromatic carbocycles. The lowest BCUT2D eigenvalue weighted by Crippen LogP contribution is -2.46. The molecule has 0 aliphatic rings. The molecule has 0 N–H and O–H groups in total. The first-order valence-electron chi connectivity index (χ1n) is 12.9. The maximum Gasteiger partial charge on any atom is 0.0784 e. The van der Waals surface area contributed by atoms with Gasteiger partial charge in [-0.3, -0.25) is 4.79 Å². The molecule has 0 amide bonds. The summed E-state index contributed by atoms with van der Waals surface area (Å²) in [5.74, 6) is 0. The number of hydrogen-bond acceptors (Lipinski definition) is 1. The lowest BCUT2D eigenvalue weighted by Gasteiger charge is -2.35. The van der Waals surface area contributed by atoms with Gasteiger partial charge in [-0.2, -0.15) is 0 Å². The van der Waals surface area contributed by atoms with Crippen molar-refractivity contribution in [2.45, 2.75) is 136 Å². The van der Waals surface area contributed by atoms with E-state index in [4.69, 9.17) is 10.2 Å². The molecule has 0 rings (SSSR count). The van der Waals surface area contributed by atoms with Crippen LogP contribution in [0.2, 0.25) is 0 Å². The van der Waals surface area contributed by atoms with E-state index in [1.165, 1.54) is 140 Å². The summed E-state index contributed by atoms with van der Waals surface area (Å²) in [6, 6.07) is 0. The molecular formula is C26H54N2O. The van der Waals surface area contributed by atoms with Crippen LogP contribution in [0.25, 0.3) is 5.41 Å². The Labute approximate surface area is 184 Å². The molecule has 0 aliphatic carbocycles. The van der Waals surface area contributed by atoms with Crippen LogP contribution in [0, 0.1) is 0 Å². The number of isocyanates is 1. The van der Waals surface area contributed by atoms with E-state index in [2.05, 4.69) is 27.8 Å². The van der Waals surface area contributed by atoms with Crippen molar-refractivity contribution in [2.24, 2.45) is 0 Å². The Morgan fingerprint density at radius 2 is 0.724 bits per heavy atom. The van der Waals surface area contributed by atoms with Crippen LogP contribution < -0.4 is 0 Å². The van der Waals surface area contributed by atoms with Gasteiger partial charge in [0.15, 0.2) is 0 Å². The second-order valence-corrected chi connectivity index (χ2v) is 9.18. The Morgan fingerprint density at radius 1 is 0.517 bits per heavy atom. The average molecular weight is 411 g/mol. The average Bonchev–Trinajstić information content (AvgIpc) is 2.71. The van der Waals surface area contributed by atoms with Crippen molar-refractivity contribution in [3.63, 3.8) is 0 Å². The van der Waals surface area contributed by atoms with E-state index in [-0.39, 0.29) is 0 Å². The molecule has 0 saturated carbocycles. The highest BCUT2D eigenvalue weighted by molar-refractivity contribution is 5.36. The van der Waals surface area contributed by atoms with E-state index >= 15 is 0 Å². The molecule has 0 radical (unpaired) electrons. The van der Waals surface area contributed by atoms with Crippen LogP contribution in [0.15, 0.2) is 0 Å². The van der Waals surface area contributed by atoms with Crippen LogP contribution in [0.5, 0.6) is 0 Å². The summed E-state index contributed by atoms with van der Waals surface area (Å²) in [4.78, 5) is 8.24. The summed E-state index contributed by atoms with van der Waals surface area (Å²) < 4.78 is 1.36. The van der Waals surface area contributed by atoms with Crippen LogP contribution in [-0.2, 0) is 4.79 Å².